The minimum atomic E-state index is -1.29. The topological polar surface area (TPSA) is 17.1 Å². The molecule has 0 radical (unpaired) electrons. The van der Waals surface area contributed by atoms with Crippen molar-refractivity contribution in [3.8, 4) is 0 Å². The number of rotatable bonds is 1. The molecule has 0 aliphatic heterocycles. The van der Waals surface area contributed by atoms with Crippen LogP contribution in [0.4, 0.5) is 0 Å². The quantitative estimate of drug-likeness (QED) is 0.572. The highest BCUT2D eigenvalue weighted by molar-refractivity contribution is 6.82. The summed E-state index contributed by atoms with van der Waals surface area (Å²) in [4.78, 5) is 11.8. The van der Waals surface area contributed by atoms with E-state index in [1.165, 1.54) is 6.42 Å². The molecule has 70 valence electrons. The lowest BCUT2D eigenvalue weighted by Crippen LogP contribution is -2.44. The molecule has 1 nitrogen and oxygen atoms in total. The Morgan fingerprint density at radius 2 is 1.83 bits per heavy atom. The molecule has 0 saturated heterocycles. The summed E-state index contributed by atoms with van der Waals surface area (Å²) >= 11 is 0. The second-order valence-corrected chi connectivity index (χ2v) is 10.8. The van der Waals surface area contributed by atoms with Gasteiger partial charge in [0.15, 0.2) is 0 Å². The Balaban J connectivity index is 2.87. The van der Waals surface area contributed by atoms with Gasteiger partial charge in [-0.05, 0) is 12.8 Å². The van der Waals surface area contributed by atoms with Crippen molar-refractivity contribution in [2.24, 2.45) is 0 Å². The van der Waals surface area contributed by atoms with Gasteiger partial charge in [0.1, 0.15) is 5.78 Å². The largest absolute Gasteiger partial charge is 0.299 e. The Labute approximate surface area is 76.6 Å². The normalized spacial score (nSPS) is 32.2. The molecule has 1 rings (SSSR count). The molecule has 0 bridgehead atoms. The lowest BCUT2D eigenvalue weighted by Gasteiger charge is -2.41. The SMILES string of the molecule is CC1([Si](C)(C)C)CCCCC1=O. The maximum absolute atomic E-state index is 11.8. The van der Waals surface area contributed by atoms with Gasteiger partial charge in [-0.25, -0.2) is 0 Å². The zero-order valence-electron chi connectivity index (χ0n) is 8.74. The van der Waals surface area contributed by atoms with Crippen LogP contribution in [0.25, 0.3) is 0 Å². The summed E-state index contributed by atoms with van der Waals surface area (Å²) in [6, 6.07) is 0. The maximum atomic E-state index is 11.8. The Kier molecular flexibility index (Phi) is 2.48. The number of carbonyl (C=O) groups excluding carboxylic acids is 1. The molecule has 1 aliphatic carbocycles. The van der Waals surface area contributed by atoms with E-state index in [-0.39, 0.29) is 5.04 Å². The van der Waals surface area contributed by atoms with E-state index < -0.39 is 8.07 Å². The summed E-state index contributed by atoms with van der Waals surface area (Å²) in [7, 11) is -1.29. The highest BCUT2D eigenvalue weighted by atomic mass is 28.3. The molecule has 0 aromatic rings. The van der Waals surface area contributed by atoms with Crippen LogP contribution in [-0.2, 0) is 4.79 Å². The van der Waals surface area contributed by atoms with Crippen molar-refractivity contribution in [1.82, 2.24) is 0 Å². The average Bonchev–Trinajstić information content (AvgIpc) is 1.93. The summed E-state index contributed by atoms with van der Waals surface area (Å²) in [5.41, 5.74) is 0. The highest BCUT2D eigenvalue weighted by Gasteiger charge is 2.45. The molecule has 1 fully saturated rings. The molecule has 1 atom stereocenters. The number of ketones is 1. The second-order valence-electron chi connectivity index (χ2n) is 5.21. The average molecular weight is 184 g/mol. The van der Waals surface area contributed by atoms with Gasteiger partial charge < -0.3 is 0 Å². The van der Waals surface area contributed by atoms with E-state index in [0.29, 0.717) is 5.78 Å². The van der Waals surface area contributed by atoms with Gasteiger partial charge in [-0.15, -0.1) is 0 Å². The molecule has 1 aliphatic rings. The fraction of sp³-hybridized carbons (Fsp3) is 0.900. The summed E-state index contributed by atoms with van der Waals surface area (Å²) in [5, 5.41) is 0.0747. The monoisotopic (exact) mass is 184 g/mol. The number of Topliss-reactive ketones (excluding diaryl/α,β-unsaturated/α-hetero) is 1. The Bertz CT molecular complexity index is 193. The molecule has 0 amide bonds. The molecule has 0 N–H and O–H groups in total. The van der Waals surface area contributed by atoms with E-state index in [4.69, 9.17) is 0 Å². The van der Waals surface area contributed by atoms with Crippen LogP contribution in [0.3, 0.4) is 0 Å². The van der Waals surface area contributed by atoms with Crippen molar-refractivity contribution in [2.45, 2.75) is 57.3 Å². The van der Waals surface area contributed by atoms with E-state index in [0.717, 1.165) is 19.3 Å². The molecule has 2 heteroatoms. The van der Waals surface area contributed by atoms with E-state index in [1.54, 1.807) is 0 Å². The fourth-order valence-electron chi connectivity index (χ4n) is 1.97. The first-order valence-electron chi connectivity index (χ1n) is 4.91. The van der Waals surface area contributed by atoms with Crippen molar-refractivity contribution < 1.29 is 4.79 Å². The van der Waals surface area contributed by atoms with Crippen LogP contribution in [0.2, 0.25) is 24.7 Å². The smallest absolute Gasteiger partial charge is 0.136 e. The molecule has 1 saturated carbocycles. The summed E-state index contributed by atoms with van der Waals surface area (Å²) in [6.07, 6.45) is 4.35. The van der Waals surface area contributed by atoms with Gasteiger partial charge in [0.2, 0.25) is 0 Å². The fourth-order valence-corrected chi connectivity index (χ4v) is 3.86. The first kappa shape index (κ1) is 9.97. The van der Waals surface area contributed by atoms with Crippen LogP contribution in [-0.4, -0.2) is 13.9 Å². The summed E-state index contributed by atoms with van der Waals surface area (Å²) < 4.78 is 0. The van der Waals surface area contributed by atoms with Crippen molar-refractivity contribution in [2.75, 3.05) is 0 Å². The molecule has 0 spiro atoms. The van der Waals surface area contributed by atoms with Crippen molar-refractivity contribution in [3.63, 3.8) is 0 Å². The number of hydrogen-bond acceptors (Lipinski definition) is 1. The first-order chi connectivity index (χ1) is 5.38. The predicted molar refractivity (Wildman–Crippen MR) is 55.2 cm³/mol. The minimum Gasteiger partial charge on any atom is -0.299 e. The Morgan fingerprint density at radius 1 is 1.25 bits per heavy atom. The van der Waals surface area contributed by atoms with E-state index in [1.807, 2.05) is 0 Å². The van der Waals surface area contributed by atoms with E-state index in [2.05, 4.69) is 26.6 Å². The zero-order valence-corrected chi connectivity index (χ0v) is 9.74. The van der Waals surface area contributed by atoms with Gasteiger partial charge in [0.25, 0.3) is 0 Å². The van der Waals surface area contributed by atoms with Crippen LogP contribution in [0.15, 0.2) is 0 Å². The minimum absolute atomic E-state index is 0.0747. The Hall–Kier alpha value is -0.113. The van der Waals surface area contributed by atoms with E-state index in [9.17, 15) is 4.79 Å². The van der Waals surface area contributed by atoms with Gasteiger partial charge in [-0.2, -0.15) is 0 Å². The third kappa shape index (κ3) is 1.49. The van der Waals surface area contributed by atoms with Crippen LogP contribution in [0.1, 0.15) is 32.6 Å². The van der Waals surface area contributed by atoms with Gasteiger partial charge in [0, 0.05) is 11.5 Å². The standard InChI is InChI=1S/C10H20OSi/c1-10(12(2,3)4)8-6-5-7-9(10)11/h5-8H2,1-4H3. The van der Waals surface area contributed by atoms with Crippen LogP contribution >= 0.6 is 0 Å². The van der Waals surface area contributed by atoms with Crippen molar-refractivity contribution in [1.29, 1.82) is 0 Å². The lowest BCUT2D eigenvalue weighted by molar-refractivity contribution is -0.123. The molecule has 0 heterocycles. The van der Waals surface area contributed by atoms with Crippen LogP contribution in [0, 0.1) is 0 Å². The Morgan fingerprint density at radius 3 is 2.17 bits per heavy atom. The van der Waals surface area contributed by atoms with Gasteiger partial charge >= 0.3 is 0 Å². The third-order valence-corrected chi connectivity index (χ3v) is 7.44. The van der Waals surface area contributed by atoms with Crippen molar-refractivity contribution in [3.05, 3.63) is 0 Å². The highest BCUT2D eigenvalue weighted by Crippen LogP contribution is 2.47. The maximum Gasteiger partial charge on any atom is 0.136 e. The zero-order chi connectivity index (χ0) is 9.41. The van der Waals surface area contributed by atoms with Gasteiger partial charge in [-0.1, -0.05) is 33.0 Å². The summed E-state index contributed by atoms with van der Waals surface area (Å²) in [6.45, 7) is 9.14. The number of carbonyl (C=O) groups is 1. The molecular weight excluding hydrogens is 164 g/mol. The number of hydrogen-bond donors (Lipinski definition) is 0. The molecule has 12 heavy (non-hydrogen) atoms. The van der Waals surface area contributed by atoms with Gasteiger partial charge in [-0.3, -0.25) is 4.79 Å². The third-order valence-electron chi connectivity index (χ3n) is 3.60. The van der Waals surface area contributed by atoms with Crippen molar-refractivity contribution >= 4 is 13.9 Å². The molecule has 0 aromatic carbocycles. The van der Waals surface area contributed by atoms with Crippen LogP contribution in [0.5, 0.6) is 0 Å². The molecule has 0 aromatic heterocycles. The lowest BCUT2D eigenvalue weighted by atomic mass is 9.88. The predicted octanol–water partition coefficient (Wildman–Crippen LogP) is 3.23. The van der Waals surface area contributed by atoms with E-state index >= 15 is 0 Å². The summed E-state index contributed by atoms with van der Waals surface area (Å²) in [5.74, 6) is 0.535. The van der Waals surface area contributed by atoms with Gasteiger partial charge in [0.05, 0.1) is 8.07 Å². The first-order valence-corrected chi connectivity index (χ1v) is 8.41. The molecular formula is C10H20OSi. The van der Waals surface area contributed by atoms with Crippen LogP contribution < -0.4 is 0 Å². The molecule has 1 unspecified atom stereocenters. The second kappa shape index (κ2) is 2.98.